The number of anilines is 1. The minimum absolute atomic E-state index is 0.0131. The van der Waals surface area contributed by atoms with Crippen LogP contribution in [0.4, 0.5) is 5.69 Å². The fraction of sp³-hybridized carbons (Fsp3) is 0.238. The first-order valence-corrected chi connectivity index (χ1v) is 13.1. The van der Waals surface area contributed by atoms with Gasteiger partial charge in [-0.05, 0) is 74.4 Å². The minimum atomic E-state index is -3.93. The van der Waals surface area contributed by atoms with Crippen LogP contribution in [0.2, 0.25) is 0 Å². The molecule has 1 saturated carbocycles. The molecule has 1 aromatic heterocycles. The summed E-state index contributed by atoms with van der Waals surface area (Å²) in [6, 6.07) is 12.9. The molecule has 0 bridgehead atoms. The molecule has 33 heavy (non-hydrogen) atoms. The number of sulfonamides is 2. The zero-order valence-corrected chi connectivity index (χ0v) is 19.3. The van der Waals surface area contributed by atoms with Crippen molar-refractivity contribution in [3.8, 4) is 5.69 Å². The Morgan fingerprint density at radius 3 is 2.15 bits per heavy atom. The molecule has 174 valence electrons. The Hall–Kier alpha value is -3.22. The first kappa shape index (κ1) is 23.0. The highest BCUT2D eigenvalue weighted by molar-refractivity contribution is 7.92. The molecule has 2 aromatic carbocycles. The second kappa shape index (κ2) is 8.96. The van der Waals surface area contributed by atoms with E-state index in [1.54, 1.807) is 37.4 Å². The normalized spacial score (nSPS) is 14.1. The molecule has 4 rings (SSSR count). The lowest BCUT2D eigenvalue weighted by Crippen LogP contribution is -2.25. The maximum Gasteiger partial charge on any atom is 0.358 e. The molecule has 1 fully saturated rings. The summed E-state index contributed by atoms with van der Waals surface area (Å²) in [5.41, 5.74) is 1.09. The molecule has 1 aliphatic rings. The number of esters is 1. The van der Waals surface area contributed by atoms with Crippen molar-refractivity contribution in [1.82, 2.24) is 14.5 Å². The van der Waals surface area contributed by atoms with Crippen molar-refractivity contribution in [2.45, 2.75) is 35.6 Å². The molecule has 1 heterocycles. The summed E-state index contributed by atoms with van der Waals surface area (Å²) in [5.74, 6) is -0.525. The van der Waals surface area contributed by atoms with Crippen LogP contribution < -0.4 is 9.44 Å². The third-order valence-electron chi connectivity index (χ3n) is 4.80. The molecule has 1 aliphatic carbocycles. The highest BCUT2D eigenvalue weighted by Gasteiger charge is 2.28. The van der Waals surface area contributed by atoms with Gasteiger partial charge in [-0.3, -0.25) is 4.72 Å². The first-order chi connectivity index (χ1) is 15.7. The number of hydrogen-bond donors (Lipinski definition) is 2. The van der Waals surface area contributed by atoms with E-state index in [4.69, 9.17) is 4.74 Å². The summed E-state index contributed by atoms with van der Waals surface area (Å²) < 4.78 is 61.3. The number of hydrogen-bond acceptors (Lipinski definition) is 7. The second-order valence-corrected chi connectivity index (χ2v) is 10.8. The van der Waals surface area contributed by atoms with Gasteiger partial charge in [-0.25, -0.2) is 31.0 Å². The average molecular weight is 491 g/mol. The number of carbonyl (C=O) groups excluding carboxylic acids is 1. The lowest BCUT2D eigenvalue weighted by Gasteiger charge is -2.10. The number of rotatable bonds is 9. The van der Waals surface area contributed by atoms with Gasteiger partial charge in [-0.2, -0.15) is 5.10 Å². The van der Waals surface area contributed by atoms with E-state index in [9.17, 15) is 21.6 Å². The Kier molecular flexibility index (Phi) is 6.23. The lowest BCUT2D eigenvalue weighted by molar-refractivity contribution is 0.0519. The summed E-state index contributed by atoms with van der Waals surface area (Å²) in [5, 5.41) is 4.15. The summed E-state index contributed by atoms with van der Waals surface area (Å²) in [6.07, 6.45) is 3.21. The van der Waals surface area contributed by atoms with Gasteiger partial charge >= 0.3 is 5.97 Å². The number of ether oxygens (including phenoxy) is 1. The Morgan fingerprint density at radius 1 is 0.970 bits per heavy atom. The fourth-order valence-electron chi connectivity index (χ4n) is 2.96. The van der Waals surface area contributed by atoms with E-state index in [-0.39, 0.29) is 28.1 Å². The molecule has 12 heteroatoms. The minimum Gasteiger partial charge on any atom is -0.461 e. The zero-order valence-electron chi connectivity index (χ0n) is 17.6. The van der Waals surface area contributed by atoms with Gasteiger partial charge in [0.05, 0.1) is 22.1 Å². The van der Waals surface area contributed by atoms with E-state index in [2.05, 4.69) is 14.5 Å². The van der Waals surface area contributed by atoms with Crippen LogP contribution in [0.25, 0.3) is 5.69 Å². The van der Waals surface area contributed by atoms with Crippen LogP contribution >= 0.6 is 0 Å². The van der Waals surface area contributed by atoms with E-state index in [1.165, 1.54) is 35.0 Å². The highest BCUT2D eigenvalue weighted by Crippen LogP contribution is 2.23. The highest BCUT2D eigenvalue weighted by atomic mass is 32.2. The SMILES string of the molecule is CCOC(=O)c1ccn(-c2ccc(NS(=O)(=O)c3ccc(S(=O)(=O)NC4CC4)cc3)cc2)n1. The third kappa shape index (κ3) is 5.41. The maximum atomic E-state index is 12.7. The molecule has 0 aliphatic heterocycles. The largest absolute Gasteiger partial charge is 0.461 e. The van der Waals surface area contributed by atoms with Crippen LogP contribution in [-0.4, -0.2) is 45.2 Å². The van der Waals surface area contributed by atoms with Crippen LogP contribution in [0.3, 0.4) is 0 Å². The Balaban J connectivity index is 1.45. The van der Waals surface area contributed by atoms with Crippen molar-refractivity contribution in [1.29, 1.82) is 0 Å². The molecule has 10 nitrogen and oxygen atoms in total. The van der Waals surface area contributed by atoms with Crippen LogP contribution in [0, 0.1) is 0 Å². The van der Waals surface area contributed by atoms with Crippen LogP contribution in [0.5, 0.6) is 0 Å². The van der Waals surface area contributed by atoms with E-state index >= 15 is 0 Å². The predicted octanol–water partition coefficient (Wildman–Crippen LogP) is 2.29. The predicted molar refractivity (Wildman–Crippen MR) is 120 cm³/mol. The smallest absolute Gasteiger partial charge is 0.358 e. The lowest BCUT2D eigenvalue weighted by atomic mass is 10.3. The fourth-order valence-corrected chi connectivity index (χ4v) is 5.33. The average Bonchev–Trinajstić information content (AvgIpc) is 3.44. The Bertz CT molecular complexity index is 1360. The van der Waals surface area contributed by atoms with Crippen LogP contribution in [0.1, 0.15) is 30.3 Å². The number of nitrogens with zero attached hydrogens (tertiary/aromatic N) is 2. The number of benzene rings is 2. The monoisotopic (exact) mass is 490 g/mol. The van der Waals surface area contributed by atoms with E-state index in [0.717, 1.165) is 12.8 Å². The summed E-state index contributed by atoms with van der Waals surface area (Å²) in [6.45, 7) is 1.95. The molecule has 0 unspecified atom stereocenters. The van der Waals surface area contributed by atoms with Crippen LogP contribution in [0.15, 0.2) is 70.6 Å². The summed E-state index contributed by atoms with van der Waals surface area (Å²) >= 11 is 0. The number of aromatic nitrogens is 2. The van der Waals surface area contributed by atoms with Gasteiger partial charge in [0.1, 0.15) is 0 Å². The third-order valence-corrected chi connectivity index (χ3v) is 7.73. The van der Waals surface area contributed by atoms with Crippen molar-refractivity contribution in [3.63, 3.8) is 0 Å². The molecule has 0 spiro atoms. The van der Waals surface area contributed by atoms with Crippen molar-refractivity contribution in [2.75, 3.05) is 11.3 Å². The zero-order chi connectivity index (χ0) is 23.6. The van der Waals surface area contributed by atoms with E-state index < -0.39 is 26.0 Å². The molecule has 0 amide bonds. The molecular formula is C21H22N4O6S2. The topological polar surface area (TPSA) is 136 Å². The summed E-state index contributed by atoms with van der Waals surface area (Å²) in [7, 11) is -7.58. The first-order valence-electron chi connectivity index (χ1n) is 10.2. The van der Waals surface area contributed by atoms with E-state index in [1.807, 2.05) is 0 Å². The molecule has 2 N–H and O–H groups in total. The van der Waals surface area contributed by atoms with E-state index in [0.29, 0.717) is 11.4 Å². The van der Waals surface area contributed by atoms with Gasteiger partial charge in [0, 0.05) is 17.9 Å². The van der Waals surface area contributed by atoms with Gasteiger partial charge in [-0.15, -0.1) is 0 Å². The molecule has 0 atom stereocenters. The van der Waals surface area contributed by atoms with Crippen molar-refractivity contribution in [2.24, 2.45) is 0 Å². The van der Waals surface area contributed by atoms with Crippen molar-refractivity contribution in [3.05, 3.63) is 66.5 Å². The standard InChI is InChI=1S/C21H22N4O6S2/c1-2-31-21(26)20-13-14-25(22-20)17-7-5-16(6-8-17)24-33(29,30)19-11-9-18(10-12-19)32(27,28)23-15-3-4-15/h5-15,23-24H,2-4H2,1H3. The van der Waals surface area contributed by atoms with Crippen molar-refractivity contribution < 1.29 is 26.4 Å². The Labute approximate surface area is 191 Å². The van der Waals surface area contributed by atoms with Crippen molar-refractivity contribution >= 4 is 31.7 Å². The number of carbonyl (C=O) groups is 1. The Morgan fingerprint density at radius 2 is 1.58 bits per heavy atom. The molecule has 0 saturated heterocycles. The molecule has 0 radical (unpaired) electrons. The van der Waals surface area contributed by atoms with Gasteiger partial charge in [0.25, 0.3) is 10.0 Å². The number of nitrogens with one attached hydrogen (secondary N) is 2. The summed E-state index contributed by atoms with van der Waals surface area (Å²) in [4.78, 5) is 11.7. The van der Waals surface area contributed by atoms with Crippen LogP contribution in [-0.2, 0) is 24.8 Å². The van der Waals surface area contributed by atoms with Gasteiger partial charge in [0.15, 0.2) is 5.69 Å². The second-order valence-electron chi connectivity index (χ2n) is 7.39. The quantitative estimate of drug-likeness (QED) is 0.439. The van der Waals surface area contributed by atoms with Gasteiger partial charge in [0.2, 0.25) is 10.0 Å². The molecule has 3 aromatic rings. The van der Waals surface area contributed by atoms with Gasteiger partial charge < -0.3 is 4.74 Å². The molecular weight excluding hydrogens is 468 g/mol. The maximum absolute atomic E-state index is 12.7. The van der Waals surface area contributed by atoms with Gasteiger partial charge in [-0.1, -0.05) is 0 Å².